The Morgan fingerprint density at radius 2 is 1.94 bits per heavy atom. The van der Waals surface area contributed by atoms with E-state index in [1.165, 1.54) is 18.0 Å². The van der Waals surface area contributed by atoms with Crippen molar-refractivity contribution in [1.29, 1.82) is 0 Å². The van der Waals surface area contributed by atoms with Crippen LogP contribution in [-0.2, 0) is 4.74 Å². The number of esters is 1. The van der Waals surface area contributed by atoms with Crippen LogP contribution >= 0.6 is 23.4 Å². The van der Waals surface area contributed by atoms with Crippen molar-refractivity contribution in [3.63, 3.8) is 0 Å². The predicted octanol–water partition coefficient (Wildman–Crippen LogP) is 4.07. The van der Waals surface area contributed by atoms with Crippen molar-refractivity contribution in [2.45, 2.75) is 19.0 Å². The van der Waals surface area contributed by atoms with Crippen molar-refractivity contribution < 1.29 is 23.8 Å². The number of ether oxygens (including phenoxy) is 3. The second-order valence-corrected chi connectivity index (χ2v) is 8.18. The van der Waals surface area contributed by atoms with Gasteiger partial charge in [-0.25, -0.2) is 14.8 Å². The number of carbonyl (C=O) groups is 2. The minimum atomic E-state index is -0.776. The number of benzene rings is 1. The Morgan fingerprint density at radius 3 is 2.69 bits per heavy atom. The summed E-state index contributed by atoms with van der Waals surface area (Å²) in [6, 6.07) is 7.40. The van der Waals surface area contributed by atoms with E-state index in [9.17, 15) is 9.59 Å². The van der Waals surface area contributed by atoms with E-state index in [1.807, 2.05) is 36.6 Å². The third kappa shape index (κ3) is 4.31. The van der Waals surface area contributed by atoms with Gasteiger partial charge in [0.1, 0.15) is 13.2 Å². The minimum Gasteiger partial charge on any atom is -0.486 e. The molecule has 0 radical (unpaired) electrons. The first-order valence-corrected chi connectivity index (χ1v) is 11.3. The molecule has 0 unspecified atom stereocenters. The molecule has 3 aromatic rings. The Morgan fingerprint density at radius 1 is 1.19 bits per heavy atom. The third-order valence-corrected chi connectivity index (χ3v) is 5.79. The van der Waals surface area contributed by atoms with Crippen molar-refractivity contribution in [1.82, 2.24) is 14.5 Å². The van der Waals surface area contributed by atoms with Crippen LogP contribution in [0.25, 0.3) is 5.69 Å². The maximum atomic E-state index is 12.8. The van der Waals surface area contributed by atoms with Crippen molar-refractivity contribution in [3.05, 3.63) is 58.1 Å². The van der Waals surface area contributed by atoms with Gasteiger partial charge >= 0.3 is 5.97 Å². The van der Waals surface area contributed by atoms with Gasteiger partial charge in [0.15, 0.2) is 29.0 Å². The second-order valence-electron chi connectivity index (χ2n) is 7.00. The zero-order chi connectivity index (χ0) is 22.8. The van der Waals surface area contributed by atoms with Gasteiger partial charge in [-0.2, -0.15) is 0 Å². The molecule has 10 heteroatoms. The summed E-state index contributed by atoms with van der Waals surface area (Å²) >= 11 is 7.27. The summed E-state index contributed by atoms with van der Waals surface area (Å²) in [6.07, 6.45) is 3.11. The van der Waals surface area contributed by atoms with Gasteiger partial charge in [0.05, 0.1) is 11.2 Å². The highest BCUT2D eigenvalue weighted by atomic mass is 35.5. The van der Waals surface area contributed by atoms with Crippen LogP contribution in [0, 0.1) is 13.8 Å². The summed E-state index contributed by atoms with van der Waals surface area (Å²) in [5, 5.41) is 0.452. The van der Waals surface area contributed by atoms with Crippen molar-refractivity contribution >= 4 is 35.1 Å². The highest BCUT2D eigenvalue weighted by Crippen LogP contribution is 2.33. The molecule has 1 aliphatic heterocycles. The van der Waals surface area contributed by atoms with E-state index in [4.69, 9.17) is 25.8 Å². The van der Waals surface area contributed by atoms with E-state index >= 15 is 0 Å². The van der Waals surface area contributed by atoms with Crippen LogP contribution in [0.4, 0.5) is 0 Å². The largest absolute Gasteiger partial charge is 0.486 e. The molecule has 0 bridgehead atoms. The molecule has 0 aliphatic carbocycles. The first-order chi connectivity index (χ1) is 15.4. The van der Waals surface area contributed by atoms with Gasteiger partial charge in [0, 0.05) is 28.7 Å². The number of thioether (sulfide) groups is 1. The highest BCUT2D eigenvalue weighted by Gasteiger charge is 2.22. The number of hydrogen-bond acceptors (Lipinski definition) is 8. The average molecular weight is 474 g/mol. The molecule has 8 nitrogen and oxygen atoms in total. The van der Waals surface area contributed by atoms with Crippen LogP contribution < -0.4 is 9.47 Å². The number of carbonyl (C=O) groups excluding carboxylic acids is 2. The fourth-order valence-corrected chi connectivity index (χ4v) is 3.99. The summed E-state index contributed by atoms with van der Waals surface area (Å²) in [6.45, 7) is 4.31. The Labute approximate surface area is 193 Å². The van der Waals surface area contributed by atoms with Gasteiger partial charge in [-0.3, -0.25) is 4.79 Å². The van der Waals surface area contributed by atoms with Crippen molar-refractivity contribution in [2.24, 2.45) is 0 Å². The molecule has 0 atom stereocenters. The van der Waals surface area contributed by atoms with Crippen LogP contribution in [0.2, 0.25) is 5.02 Å². The zero-order valence-corrected chi connectivity index (χ0v) is 19.2. The van der Waals surface area contributed by atoms with E-state index in [-0.39, 0.29) is 16.5 Å². The van der Waals surface area contributed by atoms with Crippen molar-refractivity contribution in [3.8, 4) is 17.2 Å². The number of ketones is 1. The van der Waals surface area contributed by atoms with Crippen molar-refractivity contribution in [2.75, 3.05) is 26.1 Å². The predicted molar refractivity (Wildman–Crippen MR) is 120 cm³/mol. The van der Waals surface area contributed by atoms with E-state index < -0.39 is 12.6 Å². The summed E-state index contributed by atoms with van der Waals surface area (Å²) in [5.74, 6) is 0.250. The van der Waals surface area contributed by atoms with E-state index in [2.05, 4.69) is 9.97 Å². The zero-order valence-electron chi connectivity index (χ0n) is 17.7. The molecule has 1 aromatic carbocycles. The third-order valence-electron chi connectivity index (χ3n) is 4.95. The number of aromatic nitrogens is 3. The molecule has 166 valence electrons. The second kappa shape index (κ2) is 9.22. The van der Waals surface area contributed by atoms with Crippen LogP contribution in [0.1, 0.15) is 32.2 Å². The average Bonchev–Trinajstić information content (AvgIpc) is 3.11. The molecular weight excluding hydrogens is 454 g/mol. The molecule has 1 aliphatic rings. The molecule has 0 saturated heterocycles. The first-order valence-electron chi connectivity index (χ1n) is 9.75. The quantitative estimate of drug-likeness (QED) is 0.229. The first kappa shape index (κ1) is 22.2. The molecule has 2 aromatic heterocycles. The normalized spacial score (nSPS) is 12.5. The molecule has 0 spiro atoms. The minimum absolute atomic E-state index is 0.0667. The summed E-state index contributed by atoms with van der Waals surface area (Å²) in [7, 11) is 0. The Kier molecular flexibility index (Phi) is 6.38. The Balaban J connectivity index is 1.52. The fraction of sp³-hybridized carbons (Fsp3) is 0.273. The number of nitrogens with zero attached hydrogens (tertiary/aromatic N) is 3. The molecule has 0 fully saturated rings. The lowest BCUT2D eigenvalue weighted by molar-refractivity contribution is 0.0468. The molecule has 0 N–H and O–H groups in total. The monoisotopic (exact) mass is 473 g/mol. The summed E-state index contributed by atoms with van der Waals surface area (Å²) in [4.78, 5) is 33.3. The molecule has 4 rings (SSSR count). The van der Waals surface area contributed by atoms with Crippen LogP contribution in [0.15, 0.2) is 35.6 Å². The lowest BCUT2D eigenvalue weighted by Gasteiger charge is -2.20. The lowest BCUT2D eigenvalue weighted by Crippen LogP contribution is -2.17. The van der Waals surface area contributed by atoms with Crippen LogP contribution in [0.5, 0.6) is 11.5 Å². The number of rotatable bonds is 6. The fourth-order valence-electron chi connectivity index (χ4n) is 3.48. The highest BCUT2D eigenvalue weighted by molar-refractivity contribution is 7.98. The van der Waals surface area contributed by atoms with Gasteiger partial charge < -0.3 is 18.8 Å². The molecular formula is C22H20ClN3O5S. The van der Waals surface area contributed by atoms with Gasteiger partial charge in [-0.05, 0) is 38.3 Å². The molecule has 0 saturated carbocycles. The van der Waals surface area contributed by atoms with E-state index in [1.54, 1.807) is 12.3 Å². The number of aryl methyl sites for hydroxylation is 1. The maximum absolute atomic E-state index is 12.8. The standard InChI is InChI=1S/C22H20ClN3O5S/c1-12-8-15(13(2)26(12)14-4-5-18-19(9-14)30-7-6-29-18)17(27)11-31-21(28)20-16(23)10-24-22(25-20)32-3/h4-5,8-10H,6-7,11H2,1-3H3. The molecule has 32 heavy (non-hydrogen) atoms. The topological polar surface area (TPSA) is 92.5 Å². The number of Topliss-reactive ketones (excluding diaryl/α,β-unsaturated/α-hetero) is 1. The van der Waals surface area contributed by atoms with E-state index in [0.29, 0.717) is 35.4 Å². The number of fused-ring (bicyclic) bond motifs is 1. The molecule has 0 amide bonds. The Bertz CT molecular complexity index is 1210. The smallest absolute Gasteiger partial charge is 0.359 e. The van der Waals surface area contributed by atoms with Crippen LogP contribution in [-0.4, -0.2) is 52.4 Å². The Hall–Kier alpha value is -3.04. The van der Waals surface area contributed by atoms with Crippen LogP contribution in [0.3, 0.4) is 0 Å². The molecule has 3 heterocycles. The number of hydrogen-bond donors (Lipinski definition) is 0. The van der Waals surface area contributed by atoms with Gasteiger partial charge in [0.2, 0.25) is 5.78 Å². The van der Waals surface area contributed by atoms with Gasteiger partial charge in [-0.1, -0.05) is 23.4 Å². The number of halogens is 1. The van der Waals surface area contributed by atoms with Gasteiger partial charge in [0.25, 0.3) is 0 Å². The summed E-state index contributed by atoms with van der Waals surface area (Å²) < 4.78 is 18.4. The lowest BCUT2D eigenvalue weighted by atomic mass is 10.1. The van der Waals surface area contributed by atoms with E-state index in [0.717, 1.165) is 17.1 Å². The van der Waals surface area contributed by atoms with Gasteiger partial charge in [-0.15, -0.1) is 0 Å². The SMILES string of the molecule is CSc1ncc(Cl)c(C(=O)OCC(=O)c2cc(C)n(-c3ccc4c(c3)OCCO4)c2C)n1. The maximum Gasteiger partial charge on any atom is 0.359 e. The summed E-state index contributed by atoms with van der Waals surface area (Å²) in [5.41, 5.74) is 2.82.